The number of esters is 1. The van der Waals surface area contributed by atoms with Crippen LogP contribution in [0, 0.1) is 6.92 Å². The summed E-state index contributed by atoms with van der Waals surface area (Å²) < 4.78 is 5.73. The van der Waals surface area contributed by atoms with Crippen molar-refractivity contribution in [3.05, 3.63) is 89.5 Å². The van der Waals surface area contributed by atoms with Gasteiger partial charge in [0.2, 0.25) is 0 Å². The first-order valence-corrected chi connectivity index (χ1v) is 9.29. The zero-order valence-corrected chi connectivity index (χ0v) is 16.5. The standard InChI is InChI=1S/C25H26O2/c1-18-10-15-22(25(2,3)4)23(16-18)27-24(26)17-19-11-13-21(14-12-19)20-8-6-5-7-9-20/h5-16H,17H2,1-4H3. The molecule has 0 atom stereocenters. The second kappa shape index (κ2) is 7.79. The molecule has 0 saturated carbocycles. The average molecular weight is 358 g/mol. The van der Waals surface area contributed by atoms with E-state index in [0.717, 1.165) is 22.3 Å². The summed E-state index contributed by atoms with van der Waals surface area (Å²) in [6.07, 6.45) is 0.257. The lowest BCUT2D eigenvalue weighted by Crippen LogP contribution is -2.17. The molecule has 3 aromatic carbocycles. The summed E-state index contributed by atoms with van der Waals surface area (Å²) in [5.74, 6) is 0.423. The van der Waals surface area contributed by atoms with Crippen LogP contribution >= 0.6 is 0 Å². The molecule has 0 amide bonds. The molecule has 3 aromatic rings. The molecule has 0 bridgehead atoms. The van der Waals surface area contributed by atoms with Gasteiger partial charge in [-0.3, -0.25) is 4.79 Å². The SMILES string of the molecule is Cc1ccc(C(C)(C)C)c(OC(=O)Cc2ccc(-c3ccccc3)cc2)c1. The first-order valence-electron chi connectivity index (χ1n) is 9.29. The molecule has 0 N–H and O–H groups in total. The van der Waals surface area contributed by atoms with Crippen LogP contribution in [0.2, 0.25) is 0 Å². The molecule has 0 unspecified atom stereocenters. The van der Waals surface area contributed by atoms with Gasteiger partial charge in [0.25, 0.3) is 0 Å². The number of aryl methyl sites for hydroxylation is 1. The van der Waals surface area contributed by atoms with Crippen LogP contribution in [0.1, 0.15) is 37.5 Å². The predicted octanol–water partition coefficient (Wildman–Crippen LogP) is 6.11. The Morgan fingerprint density at radius 1 is 0.852 bits per heavy atom. The van der Waals surface area contributed by atoms with Gasteiger partial charge in [0.15, 0.2) is 0 Å². The number of carbonyl (C=O) groups excluding carboxylic acids is 1. The highest BCUT2D eigenvalue weighted by molar-refractivity contribution is 5.76. The Labute approximate surface area is 161 Å². The first-order chi connectivity index (χ1) is 12.8. The Morgan fingerprint density at radius 2 is 1.48 bits per heavy atom. The predicted molar refractivity (Wildman–Crippen MR) is 111 cm³/mol. The molecule has 0 fully saturated rings. The van der Waals surface area contributed by atoms with E-state index in [9.17, 15) is 4.79 Å². The first kappa shape index (κ1) is 18.9. The van der Waals surface area contributed by atoms with Crippen molar-refractivity contribution in [1.29, 1.82) is 0 Å². The third-order valence-corrected chi connectivity index (χ3v) is 4.58. The smallest absolute Gasteiger partial charge is 0.315 e. The van der Waals surface area contributed by atoms with E-state index in [4.69, 9.17) is 4.74 Å². The van der Waals surface area contributed by atoms with Crippen molar-refractivity contribution in [2.45, 2.75) is 39.5 Å². The van der Waals surface area contributed by atoms with Gasteiger partial charge < -0.3 is 4.74 Å². The van der Waals surface area contributed by atoms with Crippen LogP contribution in [0.15, 0.2) is 72.8 Å². The zero-order valence-electron chi connectivity index (χ0n) is 16.5. The second-order valence-electron chi connectivity index (χ2n) is 7.96. The monoisotopic (exact) mass is 358 g/mol. The number of rotatable bonds is 4. The molecule has 138 valence electrons. The number of hydrogen-bond donors (Lipinski definition) is 0. The van der Waals surface area contributed by atoms with Crippen LogP contribution in [0.4, 0.5) is 0 Å². The molecule has 2 heteroatoms. The molecule has 0 heterocycles. The van der Waals surface area contributed by atoms with Crippen LogP contribution in [0.3, 0.4) is 0 Å². The Balaban J connectivity index is 1.73. The van der Waals surface area contributed by atoms with E-state index in [1.54, 1.807) is 0 Å². The summed E-state index contributed by atoms with van der Waals surface area (Å²) in [6.45, 7) is 8.37. The molecule has 27 heavy (non-hydrogen) atoms. The van der Waals surface area contributed by atoms with Crippen molar-refractivity contribution in [1.82, 2.24) is 0 Å². The number of hydrogen-bond acceptors (Lipinski definition) is 2. The lowest BCUT2D eigenvalue weighted by Gasteiger charge is -2.22. The van der Waals surface area contributed by atoms with Gasteiger partial charge in [0, 0.05) is 5.56 Å². The van der Waals surface area contributed by atoms with Crippen LogP contribution in [-0.2, 0) is 16.6 Å². The molecule has 0 aromatic heterocycles. The van der Waals surface area contributed by atoms with Crippen LogP contribution in [0.5, 0.6) is 5.75 Å². The van der Waals surface area contributed by atoms with Gasteiger partial charge in [-0.25, -0.2) is 0 Å². The third kappa shape index (κ3) is 4.85. The fourth-order valence-corrected chi connectivity index (χ4v) is 3.10. The van der Waals surface area contributed by atoms with Crippen molar-refractivity contribution in [2.24, 2.45) is 0 Å². The summed E-state index contributed by atoms with van der Waals surface area (Å²) in [5, 5.41) is 0. The molecule has 0 aliphatic heterocycles. The molecular formula is C25H26O2. The third-order valence-electron chi connectivity index (χ3n) is 4.58. The largest absolute Gasteiger partial charge is 0.426 e. The molecule has 0 saturated heterocycles. The number of carbonyl (C=O) groups is 1. The van der Waals surface area contributed by atoms with Crippen molar-refractivity contribution in [2.75, 3.05) is 0 Å². The Morgan fingerprint density at radius 3 is 2.11 bits per heavy atom. The second-order valence-corrected chi connectivity index (χ2v) is 7.96. The van der Waals surface area contributed by atoms with Gasteiger partial charge in [-0.05, 0) is 40.7 Å². The van der Waals surface area contributed by atoms with Crippen molar-refractivity contribution >= 4 is 5.97 Å². The summed E-state index contributed by atoms with van der Waals surface area (Å²) in [6, 6.07) is 24.3. The van der Waals surface area contributed by atoms with Gasteiger partial charge >= 0.3 is 5.97 Å². The molecule has 3 rings (SSSR count). The highest BCUT2D eigenvalue weighted by Gasteiger charge is 2.20. The van der Waals surface area contributed by atoms with Gasteiger partial charge in [0.1, 0.15) is 5.75 Å². The van der Waals surface area contributed by atoms with E-state index in [0.29, 0.717) is 5.75 Å². The normalized spacial score (nSPS) is 11.3. The molecule has 0 aliphatic carbocycles. The number of ether oxygens (including phenoxy) is 1. The molecule has 0 spiro atoms. The maximum Gasteiger partial charge on any atom is 0.315 e. The Kier molecular flexibility index (Phi) is 5.46. The van der Waals surface area contributed by atoms with E-state index in [2.05, 4.69) is 39.0 Å². The lowest BCUT2D eigenvalue weighted by molar-refractivity contribution is -0.133. The highest BCUT2D eigenvalue weighted by atomic mass is 16.5. The summed E-state index contributed by atoms with van der Waals surface area (Å²) in [4.78, 5) is 12.5. The lowest BCUT2D eigenvalue weighted by atomic mass is 9.86. The van der Waals surface area contributed by atoms with Crippen LogP contribution < -0.4 is 4.74 Å². The van der Waals surface area contributed by atoms with Crippen LogP contribution in [0.25, 0.3) is 11.1 Å². The molecule has 0 aliphatic rings. The maximum absolute atomic E-state index is 12.5. The Bertz CT molecular complexity index is 917. The highest BCUT2D eigenvalue weighted by Crippen LogP contribution is 2.32. The van der Waals surface area contributed by atoms with Crippen molar-refractivity contribution in [3.8, 4) is 16.9 Å². The van der Waals surface area contributed by atoms with Crippen molar-refractivity contribution < 1.29 is 9.53 Å². The van der Waals surface area contributed by atoms with Gasteiger partial charge in [-0.2, -0.15) is 0 Å². The molecular weight excluding hydrogens is 332 g/mol. The van der Waals surface area contributed by atoms with Gasteiger partial charge in [-0.15, -0.1) is 0 Å². The minimum atomic E-state index is -0.237. The average Bonchev–Trinajstić information content (AvgIpc) is 2.62. The van der Waals surface area contributed by atoms with Crippen molar-refractivity contribution in [3.63, 3.8) is 0 Å². The van der Waals surface area contributed by atoms with E-state index in [1.807, 2.05) is 61.5 Å². The maximum atomic E-state index is 12.5. The fraction of sp³-hybridized carbons (Fsp3) is 0.240. The molecule has 0 radical (unpaired) electrons. The topological polar surface area (TPSA) is 26.3 Å². The number of benzene rings is 3. The summed E-state index contributed by atoms with van der Waals surface area (Å²) in [5.41, 5.74) is 5.30. The Hall–Kier alpha value is -2.87. The minimum Gasteiger partial charge on any atom is -0.426 e. The van der Waals surface area contributed by atoms with E-state index < -0.39 is 0 Å². The zero-order chi connectivity index (χ0) is 19.4. The van der Waals surface area contributed by atoms with Crippen LogP contribution in [-0.4, -0.2) is 5.97 Å². The molecule has 2 nitrogen and oxygen atoms in total. The van der Waals surface area contributed by atoms with E-state index in [-0.39, 0.29) is 17.8 Å². The van der Waals surface area contributed by atoms with E-state index in [1.165, 1.54) is 5.56 Å². The fourth-order valence-electron chi connectivity index (χ4n) is 3.10. The van der Waals surface area contributed by atoms with Gasteiger partial charge in [-0.1, -0.05) is 87.5 Å². The summed E-state index contributed by atoms with van der Waals surface area (Å²) in [7, 11) is 0. The van der Waals surface area contributed by atoms with E-state index >= 15 is 0 Å². The quantitative estimate of drug-likeness (QED) is 0.415. The van der Waals surface area contributed by atoms with Gasteiger partial charge in [0.05, 0.1) is 6.42 Å². The summed E-state index contributed by atoms with van der Waals surface area (Å²) >= 11 is 0. The minimum absolute atomic E-state index is 0.0827.